The normalized spacial score (nSPS) is 11.6. The molecule has 0 aliphatic carbocycles. The van der Waals surface area contributed by atoms with E-state index in [4.69, 9.17) is 4.42 Å². The SMILES string of the molecule is Cc1ccc(-c2nnc(-c3cccc(C(F)(F)F)c3)o2)cc1. The van der Waals surface area contributed by atoms with Gasteiger partial charge in [-0.05, 0) is 37.3 Å². The molecule has 3 aromatic rings. The number of aryl methyl sites for hydroxylation is 1. The first-order valence-corrected chi connectivity index (χ1v) is 6.52. The minimum atomic E-state index is -4.41. The molecule has 0 radical (unpaired) electrons. The molecule has 0 aliphatic rings. The van der Waals surface area contributed by atoms with Gasteiger partial charge in [0.25, 0.3) is 0 Å². The Morgan fingerprint density at radius 2 is 1.50 bits per heavy atom. The number of aromatic nitrogens is 2. The quantitative estimate of drug-likeness (QED) is 0.687. The Balaban J connectivity index is 1.96. The second-order valence-corrected chi connectivity index (χ2v) is 4.86. The summed E-state index contributed by atoms with van der Waals surface area (Å²) in [6.45, 7) is 1.95. The van der Waals surface area contributed by atoms with E-state index in [2.05, 4.69) is 10.2 Å². The number of hydrogen-bond acceptors (Lipinski definition) is 3. The van der Waals surface area contributed by atoms with Gasteiger partial charge in [-0.25, -0.2) is 0 Å². The molecular weight excluding hydrogens is 293 g/mol. The maximum Gasteiger partial charge on any atom is 0.416 e. The summed E-state index contributed by atoms with van der Waals surface area (Å²) >= 11 is 0. The first-order chi connectivity index (χ1) is 10.4. The summed E-state index contributed by atoms with van der Waals surface area (Å²) in [4.78, 5) is 0. The Hall–Kier alpha value is -2.63. The summed E-state index contributed by atoms with van der Waals surface area (Å²) < 4.78 is 43.6. The maximum absolute atomic E-state index is 12.7. The summed E-state index contributed by atoms with van der Waals surface area (Å²) in [5.41, 5.74) is 1.29. The Bertz CT molecular complexity index is 792. The molecule has 3 nitrogen and oxygen atoms in total. The van der Waals surface area contributed by atoms with Gasteiger partial charge < -0.3 is 4.42 Å². The molecule has 0 aliphatic heterocycles. The van der Waals surface area contributed by atoms with E-state index in [-0.39, 0.29) is 17.3 Å². The molecular formula is C16H11F3N2O. The Kier molecular flexibility index (Phi) is 3.44. The summed E-state index contributed by atoms with van der Waals surface area (Å²) in [6, 6.07) is 12.2. The monoisotopic (exact) mass is 304 g/mol. The van der Waals surface area contributed by atoms with Crippen LogP contribution in [0.15, 0.2) is 52.9 Å². The molecule has 0 bridgehead atoms. The van der Waals surface area contributed by atoms with Crippen LogP contribution in [0.25, 0.3) is 22.9 Å². The van der Waals surface area contributed by atoms with Crippen molar-refractivity contribution in [2.24, 2.45) is 0 Å². The van der Waals surface area contributed by atoms with Crippen LogP contribution in [0, 0.1) is 6.92 Å². The van der Waals surface area contributed by atoms with Crippen LogP contribution < -0.4 is 0 Å². The van der Waals surface area contributed by atoms with Crippen LogP contribution in [-0.2, 0) is 6.18 Å². The van der Waals surface area contributed by atoms with Gasteiger partial charge in [-0.15, -0.1) is 10.2 Å². The predicted octanol–water partition coefficient (Wildman–Crippen LogP) is 4.73. The van der Waals surface area contributed by atoms with Gasteiger partial charge in [0, 0.05) is 11.1 Å². The highest BCUT2D eigenvalue weighted by Crippen LogP contribution is 2.32. The molecule has 0 N–H and O–H groups in total. The van der Waals surface area contributed by atoms with Crippen molar-refractivity contribution in [3.05, 3.63) is 59.7 Å². The summed E-state index contributed by atoms with van der Waals surface area (Å²) in [5.74, 6) is 0.328. The van der Waals surface area contributed by atoms with Crippen molar-refractivity contribution >= 4 is 0 Å². The second kappa shape index (κ2) is 5.29. The average molecular weight is 304 g/mol. The van der Waals surface area contributed by atoms with Gasteiger partial charge in [-0.1, -0.05) is 23.8 Å². The van der Waals surface area contributed by atoms with E-state index in [1.165, 1.54) is 12.1 Å². The lowest BCUT2D eigenvalue weighted by molar-refractivity contribution is -0.137. The zero-order chi connectivity index (χ0) is 15.7. The third-order valence-electron chi connectivity index (χ3n) is 3.16. The summed E-state index contributed by atoms with van der Waals surface area (Å²) in [6.07, 6.45) is -4.41. The van der Waals surface area contributed by atoms with E-state index in [0.29, 0.717) is 0 Å². The maximum atomic E-state index is 12.7. The van der Waals surface area contributed by atoms with E-state index >= 15 is 0 Å². The summed E-state index contributed by atoms with van der Waals surface area (Å²) in [7, 11) is 0. The number of alkyl halides is 3. The highest BCUT2D eigenvalue weighted by atomic mass is 19.4. The van der Waals surface area contributed by atoms with Crippen molar-refractivity contribution in [1.29, 1.82) is 0 Å². The van der Waals surface area contributed by atoms with Gasteiger partial charge in [0.2, 0.25) is 11.8 Å². The van der Waals surface area contributed by atoms with Crippen molar-refractivity contribution in [1.82, 2.24) is 10.2 Å². The third kappa shape index (κ3) is 2.86. The number of rotatable bonds is 2. The lowest BCUT2D eigenvalue weighted by Crippen LogP contribution is -2.04. The molecule has 112 valence electrons. The lowest BCUT2D eigenvalue weighted by Gasteiger charge is -2.06. The van der Waals surface area contributed by atoms with Gasteiger partial charge in [0.1, 0.15) is 0 Å². The lowest BCUT2D eigenvalue weighted by atomic mass is 10.1. The molecule has 0 unspecified atom stereocenters. The topological polar surface area (TPSA) is 38.9 Å². The molecule has 0 saturated heterocycles. The first-order valence-electron chi connectivity index (χ1n) is 6.52. The van der Waals surface area contributed by atoms with Crippen molar-refractivity contribution in [2.45, 2.75) is 13.1 Å². The standard InChI is InChI=1S/C16H11F3N2O/c1-10-5-7-11(8-6-10)14-20-21-15(22-14)12-3-2-4-13(9-12)16(17,18)19/h2-9H,1H3. The second-order valence-electron chi connectivity index (χ2n) is 4.86. The highest BCUT2D eigenvalue weighted by molar-refractivity contribution is 5.58. The molecule has 0 spiro atoms. The highest BCUT2D eigenvalue weighted by Gasteiger charge is 2.30. The zero-order valence-electron chi connectivity index (χ0n) is 11.6. The molecule has 0 saturated carbocycles. The van der Waals surface area contributed by atoms with Gasteiger partial charge in [0.15, 0.2) is 0 Å². The average Bonchev–Trinajstić information content (AvgIpc) is 2.97. The van der Waals surface area contributed by atoms with E-state index in [0.717, 1.165) is 23.3 Å². The van der Waals surface area contributed by atoms with Crippen LogP contribution >= 0.6 is 0 Å². The van der Waals surface area contributed by atoms with Crippen LogP contribution in [0.5, 0.6) is 0 Å². The Morgan fingerprint density at radius 1 is 0.864 bits per heavy atom. The predicted molar refractivity (Wildman–Crippen MR) is 74.9 cm³/mol. The van der Waals surface area contributed by atoms with Gasteiger partial charge in [0.05, 0.1) is 5.56 Å². The van der Waals surface area contributed by atoms with Crippen LogP contribution in [0.2, 0.25) is 0 Å². The number of benzene rings is 2. The first kappa shape index (κ1) is 14.3. The number of hydrogen-bond donors (Lipinski definition) is 0. The minimum Gasteiger partial charge on any atom is -0.416 e. The summed E-state index contributed by atoms with van der Waals surface area (Å²) in [5, 5.41) is 7.71. The van der Waals surface area contributed by atoms with Gasteiger partial charge in [-0.2, -0.15) is 13.2 Å². The van der Waals surface area contributed by atoms with Crippen LogP contribution in [0.1, 0.15) is 11.1 Å². The van der Waals surface area contributed by atoms with Crippen LogP contribution in [0.4, 0.5) is 13.2 Å². The fourth-order valence-corrected chi connectivity index (χ4v) is 1.98. The van der Waals surface area contributed by atoms with Crippen LogP contribution in [-0.4, -0.2) is 10.2 Å². The minimum absolute atomic E-state index is 0.0571. The van der Waals surface area contributed by atoms with Crippen molar-refractivity contribution < 1.29 is 17.6 Å². The molecule has 0 amide bonds. The van der Waals surface area contributed by atoms with E-state index < -0.39 is 11.7 Å². The zero-order valence-corrected chi connectivity index (χ0v) is 11.6. The molecule has 0 fully saturated rings. The van der Waals surface area contributed by atoms with E-state index in [1.807, 2.05) is 31.2 Å². The third-order valence-corrected chi connectivity index (χ3v) is 3.16. The van der Waals surface area contributed by atoms with Crippen molar-refractivity contribution in [3.63, 3.8) is 0 Å². The fraction of sp³-hybridized carbons (Fsp3) is 0.125. The molecule has 0 atom stereocenters. The smallest absolute Gasteiger partial charge is 0.416 e. The Morgan fingerprint density at radius 3 is 2.14 bits per heavy atom. The molecule has 3 rings (SSSR count). The Labute approximate surface area is 124 Å². The fourth-order valence-electron chi connectivity index (χ4n) is 1.98. The molecule has 6 heteroatoms. The van der Waals surface area contributed by atoms with Crippen LogP contribution in [0.3, 0.4) is 0 Å². The van der Waals surface area contributed by atoms with Gasteiger partial charge >= 0.3 is 6.18 Å². The van der Waals surface area contributed by atoms with E-state index in [9.17, 15) is 13.2 Å². The van der Waals surface area contributed by atoms with Gasteiger partial charge in [-0.3, -0.25) is 0 Å². The molecule has 22 heavy (non-hydrogen) atoms. The molecule has 1 aromatic heterocycles. The number of nitrogens with zero attached hydrogens (tertiary/aromatic N) is 2. The molecule has 1 heterocycles. The van der Waals surface area contributed by atoms with Crippen molar-refractivity contribution in [3.8, 4) is 22.9 Å². The number of halogens is 3. The van der Waals surface area contributed by atoms with Crippen molar-refractivity contribution in [2.75, 3.05) is 0 Å². The molecule has 2 aromatic carbocycles. The largest absolute Gasteiger partial charge is 0.416 e. The van der Waals surface area contributed by atoms with E-state index in [1.54, 1.807) is 0 Å².